The Hall–Kier alpha value is -0.520. The van der Waals surface area contributed by atoms with Crippen LogP contribution in [0.5, 0.6) is 0 Å². The Morgan fingerprint density at radius 1 is 1.47 bits per heavy atom. The van der Waals surface area contributed by atoms with E-state index < -0.39 is 0 Å². The fourth-order valence-electron chi connectivity index (χ4n) is 2.79. The molecule has 19 heavy (non-hydrogen) atoms. The molecule has 1 aromatic rings. The summed E-state index contributed by atoms with van der Waals surface area (Å²) in [5.41, 5.74) is 4.07. The van der Waals surface area contributed by atoms with Crippen LogP contribution in [0.1, 0.15) is 50.3 Å². The van der Waals surface area contributed by atoms with E-state index in [4.69, 9.17) is 10.9 Å². The number of nitrogens with zero attached hydrogens (tertiary/aromatic N) is 2. The molecule has 4 nitrogen and oxygen atoms in total. The maximum absolute atomic E-state index is 5.62. The number of nitrogens with two attached hydrogens (primary N) is 1. The van der Waals surface area contributed by atoms with Crippen molar-refractivity contribution in [3.63, 3.8) is 0 Å². The van der Waals surface area contributed by atoms with Crippen molar-refractivity contribution < 1.29 is 0 Å². The van der Waals surface area contributed by atoms with Crippen LogP contribution in [0.4, 0.5) is 0 Å². The molecule has 5 heteroatoms. The summed E-state index contributed by atoms with van der Waals surface area (Å²) < 4.78 is 2.18. The lowest BCUT2D eigenvalue weighted by Crippen LogP contribution is -2.37. The van der Waals surface area contributed by atoms with Crippen LogP contribution in [-0.2, 0) is 6.42 Å². The summed E-state index contributed by atoms with van der Waals surface area (Å²) in [6, 6.07) is 3.11. The molecule has 1 saturated carbocycles. The van der Waals surface area contributed by atoms with Crippen molar-refractivity contribution in [3.05, 3.63) is 18.0 Å². The van der Waals surface area contributed by atoms with Gasteiger partial charge in [0.25, 0.3) is 0 Å². The highest BCUT2D eigenvalue weighted by atomic mass is 32.2. The van der Waals surface area contributed by atoms with Crippen LogP contribution in [0.15, 0.2) is 12.3 Å². The molecule has 1 aliphatic carbocycles. The van der Waals surface area contributed by atoms with Gasteiger partial charge in [-0.15, -0.1) is 0 Å². The fraction of sp³-hybridized carbons (Fsp3) is 0.786. The Balaban J connectivity index is 1.88. The predicted molar refractivity (Wildman–Crippen MR) is 82.2 cm³/mol. The lowest BCUT2D eigenvalue weighted by atomic mass is 9.96. The van der Waals surface area contributed by atoms with Crippen molar-refractivity contribution >= 4 is 11.8 Å². The van der Waals surface area contributed by atoms with Crippen molar-refractivity contribution in [1.29, 1.82) is 0 Å². The summed E-state index contributed by atoms with van der Waals surface area (Å²) in [6.45, 7) is 0. The molecule has 1 aliphatic rings. The molecule has 1 atom stereocenters. The Bertz CT molecular complexity index is 360. The van der Waals surface area contributed by atoms with Crippen LogP contribution < -0.4 is 11.3 Å². The number of hydrogen-bond donors (Lipinski definition) is 2. The zero-order valence-electron chi connectivity index (χ0n) is 11.8. The fourth-order valence-corrected chi connectivity index (χ4v) is 3.31. The van der Waals surface area contributed by atoms with Crippen molar-refractivity contribution in [3.8, 4) is 0 Å². The quantitative estimate of drug-likeness (QED) is 0.596. The zero-order chi connectivity index (χ0) is 13.5. The van der Waals surface area contributed by atoms with E-state index in [1.165, 1.54) is 32.1 Å². The van der Waals surface area contributed by atoms with Gasteiger partial charge in [0.15, 0.2) is 0 Å². The third-order valence-corrected chi connectivity index (χ3v) is 4.62. The highest BCUT2D eigenvalue weighted by Crippen LogP contribution is 2.27. The first kappa shape index (κ1) is 14.9. The first-order valence-electron chi connectivity index (χ1n) is 7.32. The third kappa shape index (κ3) is 4.51. The number of thioether (sulfide) groups is 1. The summed E-state index contributed by atoms with van der Waals surface area (Å²) in [5, 5.41) is 4.74. The van der Waals surface area contributed by atoms with Gasteiger partial charge in [-0.25, -0.2) is 0 Å². The van der Waals surface area contributed by atoms with Gasteiger partial charge < -0.3 is 0 Å². The van der Waals surface area contributed by atoms with Crippen LogP contribution in [0.3, 0.4) is 0 Å². The van der Waals surface area contributed by atoms with Crippen molar-refractivity contribution in [2.45, 2.75) is 57.0 Å². The van der Waals surface area contributed by atoms with Crippen LogP contribution in [0.2, 0.25) is 0 Å². The predicted octanol–water partition coefficient (Wildman–Crippen LogP) is 2.52. The maximum Gasteiger partial charge on any atom is 0.0640 e. The van der Waals surface area contributed by atoms with E-state index in [1.807, 2.05) is 11.8 Å². The monoisotopic (exact) mass is 282 g/mol. The minimum Gasteiger partial charge on any atom is -0.271 e. The van der Waals surface area contributed by atoms with E-state index in [9.17, 15) is 0 Å². The van der Waals surface area contributed by atoms with E-state index in [0.29, 0.717) is 12.1 Å². The van der Waals surface area contributed by atoms with Gasteiger partial charge in [-0.05, 0) is 37.3 Å². The minimum atomic E-state index is 0.335. The Morgan fingerprint density at radius 2 is 2.26 bits per heavy atom. The Labute approximate surface area is 120 Å². The van der Waals surface area contributed by atoms with Crippen molar-refractivity contribution in [2.24, 2.45) is 5.84 Å². The van der Waals surface area contributed by atoms with Gasteiger partial charge >= 0.3 is 0 Å². The highest BCUT2D eigenvalue weighted by molar-refractivity contribution is 7.98. The first-order chi connectivity index (χ1) is 9.33. The number of rotatable bonds is 7. The number of hydrazine groups is 1. The van der Waals surface area contributed by atoms with Crippen LogP contribution >= 0.6 is 11.8 Å². The van der Waals surface area contributed by atoms with Gasteiger partial charge in [-0.3, -0.25) is 16.0 Å². The molecule has 0 aromatic carbocycles. The number of aromatic nitrogens is 2. The van der Waals surface area contributed by atoms with E-state index in [1.54, 1.807) is 0 Å². The second-order valence-corrected chi connectivity index (χ2v) is 6.41. The maximum atomic E-state index is 5.62. The second-order valence-electron chi connectivity index (χ2n) is 5.43. The molecule has 2 rings (SSSR count). The SMILES string of the molecule is CSCCC(Cc1ccn(C2CCCCC2)n1)NN. The zero-order valence-corrected chi connectivity index (χ0v) is 12.7. The largest absolute Gasteiger partial charge is 0.271 e. The average molecular weight is 282 g/mol. The van der Waals surface area contributed by atoms with Crippen LogP contribution in [-0.4, -0.2) is 27.8 Å². The molecule has 0 aliphatic heterocycles. The lowest BCUT2D eigenvalue weighted by molar-refractivity contribution is 0.327. The molecule has 0 radical (unpaired) electrons. The molecule has 3 N–H and O–H groups in total. The molecule has 0 bridgehead atoms. The summed E-state index contributed by atoms with van der Waals surface area (Å²) in [5.74, 6) is 6.75. The summed E-state index contributed by atoms with van der Waals surface area (Å²) in [7, 11) is 0. The van der Waals surface area contributed by atoms with Gasteiger partial charge in [0.1, 0.15) is 0 Å². The van der Waals surface area contributed by atoms with Crippen molar-refractivity contribution in [2.75, 3.05) is 12.0 Å². The third-order valence-electron chi connectivity index (χ3n) is 3.97. The molecule has 1 fully saturated rings. The minimum absolute atomic E-state index is 0.335. The smallest absolute Gasteiger partial charge is 0.0640 e. The molecule has 0 spiro atoms. The molecular weight excluding hydrogens is 256 g/mol. The molecule has 0 saturated heterocycles. The summed E-state index contributed by atoms with van der Waals surface area (Å²) in [6.07, 6.45) is 12.9. The molecule has 1 aromatic heterocycles. The Kier molecular flexibility index (Phi) is 6.20. The highest BCUT2D eigenvalue weighted by Gasteiger charge is 2.17. The van der Waals surface area contributed by atoms with Gasteiger partial charge in [0, 0.05) is 18.7 Å². The summed E-state index contributed by atoms with van der Waals surface area (Å²) in [4.78, 5) is 0. The molecule has 1 unspecified atom stereocenters. The molecule has 1 heterocycles. The lowest BCUT2D eigenvalue weighted by Gasteiger charge is -2.22. The van der Waals surface area contributed by atoms with Crippen molar-refractivity contribution in [1.82, 2.24) is 15.2 Å². The van der Waals surface area contributed by atoms with Gasteiger partial charge in [-0.1, -0.05) is 19.3 Å². The average Bonchev–Trinajstić information content (AvgIpc) is 2.93. The molecular formula is C14H26N4S. The van der Waals surface area contributed by atoms with Gasteiger partial charge in [-0.2, -0.15) is 16.9 Å². The van der Waals surface area contributed by atoms with E-state index >= 15 is 0 Å². The van der Waals surface area contributed by atoms with Gasteiger partial charge in [0.05, 0.1) is 11.7 Å². The van der Waals surface area contributed by atoms with E-state index in [0.717, 1.165) is 24.3 Å². The Morgan fingerprint density at radius 3 is 2.95 bits per heavy atom. The first-order valence-corrected chi connectivity index (χ1v) is 8.72. The van der Waals surface area contributed by atoms with E-state index in [2.05, 4.69) is 28.6 Å². The number of nitrogens with one attached hydrogen (secondary N) is 1. The normalized spacial score (nSPS) is 18.6. The van der Waals surface area contributed by atoms with Crippen LogP contribution in [0.25, 0.3) is 0 Å². The topological polar surface area (TPSA) is 55.9 Å². The summed E-state index contributed by atoms with van der Waals surface area (Å²) >= 11 is 1.86. The molecule has 108 valence electrons. The molecule has 0 amide bonds. The standard InChI is InChI=1S/C14H26N4S/c1-19-10-8-12(16-15)11-13-7-9-18(17-13)14-5-3-2-4-6-14/h7,9,12,14,16H,2-6,8,10-11,15H2,1H3. The van der Waals surface area contributed by atoms with Gasteiger partial charge in [0.2, 0.25) is 0 Å². The number of hydrogen-bond acceptors (Lipinski definition) is 4. The van der Waals surface area contributed by atoms with E-state index in [-0.39, 0.29) is 0 Å². The van der Waals surface area contributed by atoms with Crippen LogP contribution in [0, 0.1) is 0 Å². The second kappa shape index (κ2) is 7.92.